The first-order chi connectivity index (χ1) is 24.3. The van der Waals surface area contributed by atoms with E-state index in [2.05, 4.69) is 66.2 Å². The lowest BCUT2D eigenvalue weighted by Gasteiger charge is -2.26. The largest absolute Gasteiger partial charge is 0.497 e. The minimum atomic E-state index is -0.798. The van der Waals surface area contributed by atoms with Gasteiger partial charge in [0.1, 0.15) is 17.5 Å². The van der Waals surface area contributed by atoms with Crippen molar-refractivity contribution in [3.8, 4) is 28.3 Å². The summed E-state index contributed by atoms with van der Waals surface area (Å²) in [6.07, 6.45) is 1.92. The summed E-state index contributed by atoms with van der Waals surface area (Å²) in [6, 6.07) is 34.7. The number of allylic oxidation sites excluding steroid dienone is 1. The number of ether oxygens (including phenoxy) is 2. The maximum atomic E-state index is 14.5. The molecule has 1 atom stereocenters. The summed E-state index contributed by atoms with van der Waals surface area (Å²) in [5.41, 5.74) is 8.25. The normalized spacial score (nSPS) is 14.3. The summed E-state index contributed by atoms with van der Waals surface area (Å²) in [6.45, 7) is 5.92. The fourth-order valence-corrected chi connectivity index (χ4v) is 7.61. The van der Waals surface area contributed by atoms with Crippen LogP contribution in [0.4, 0.5) is 5.69 Å². The highest BCUT2D eigenvalue weighted by molar-refractivity contribution is 7.07. The Labute approximate surface area is 293 Å². The molecule has 4 aromatic carbocycles. The Balaban J connectivity index is 1.33. The van der Waals surface area contributed by atoms with Gasteiger partial charge in [0.05, 0.1) is 30.0 Å². The van der Waals surface area contributed by atoms with Crippen molar-refractivity contribution in [3.63, 3.8) is 0 Å². The maximum absolute atomic E-state index is 14.5. The Bertz CT molecular complexity index is 2440. The SMILES string of the molecule is COc1ccc([C@@H]2C(C(=O)Nc3ccccc3)=C(C)N=c3s/c(=C\c4cc(C)n(-c5ccc(-c6ccccc6)cc5)c4C)c(=O)n32)c(OC)c1. The number of nitrogens with one attached hydrogen (secondary N) is 1. The van der Waals surface area contributed by atoms with E-state index < -0.39 is 6.04 Å². The van der Waals surface area contributed by atoms with E-state index in [4.69, 9.17) is 14.5 Å². The minimum Gasteiger partial charge on any atom is -0.497 e. The number of hydrogen-bond acceptors (Lipinski definition) is 6. The molecule has 7 rings (SSSR count). The van der Waals surface area contributed by atoms with Gasteiger partial charge in [0, 0.05) is 34.4 Å². The highest BCUT2D eigenvalue weighted by atomic mass is 32.1. The van der Waals surface area contributed by atoms with E-state index in [1.807, 2.05) is 60.7 Å². The van der Waals surface area contributed by atoms with Crippen molar-refractivity contribution in [1.82, 2.24) is 9.13 Å². The second kappa shape index (κ2) is 13.5. The van der Waals surface area contributed by atoms with E-state index in [1.54, 1.807) is 37.8 Å². The average Bonchev–Trinajstić information content (AvgIpc) is 3.60. The number of fused-ring (bicyclic) bond motifs is 1. The third-order valence-corrected chi connectivity index (χ3v) is 10.0. The molecule has 0 spiro atoms. The number of thiazole rings is 1. The van der Waals surface area contributed by atoms with Gasteiger partial charge in [-0.3, -0.25) is 14.2 Å². The molecule has 2 aromatic heterocycles. The van der Waals surface area contributed by atoms with Gasteiger partial charge in [0.15, 0.2) is 4.80 Å². The van der Waals surface area contributed by atoms with Crippen molar-refractivity contribution in [2.24, 2.45) is 4.99 Å². The highest BCUT2D eigenvalue weighted by Crippen LogP contribution is 2.37. The first-order valence-corrected chi connectivity index (χ1v) is 17.0. The Kier molecular flexibility index (Phi) is 8.82. The number of hydrogen-bond donors (Lipinski definition) is 1. The number of aromatic nitrogens is 2. The fourth-order valence-electron chi connectivity index (χ4n) is 6.58. The number of rotatable bonds is 8. The molecule has 0 fully saturated rings. The van der Waals surface area contributed by atoms with Gasteiger partial charge in [-0.1, -0.05) is 72.0 Å². The molecule has 6 aromatic rings. The van der Waals surface area contributed by atoms with E-state index in [9.17, 15) is 9.59 Å². The lowest BCUT2D eigenvalue weighted by molar-refractivity contribution is -0.113. The fraction of sp³-hybridized carbons (Fsp3) is 0.146. The lowest BCUT2D eigenvalue weighted by Crippen LogP contribution is -2.40. The van der Waals surface area contributed by atoms with Gasteiger partial charge < -0.3 is 19.4 Å². The molecule has 8 nitrogen and oxygen atoms in total. The number of amides is 1. The highest BCUT2D eigenvalue weighted by Gasteiger charge is 2.34. The van der Waals surface area contributed by atoms with Crippen LogP contribution in [-0.4, -0.2) is 29.3 Å². The summed E-state index contributed by atoms with van der Waals surface area (Å²) >= 11 is 1.30. The van der Waals surface area contributed by atoms with Crippen molar-refractivity contribution in [2.75, 3.05) is 19.5 Å². The van der Waals surface area contributed by atoms with E-state index in [-0.39, 0.29) is 11.5 Å². The number of aryl methyl sites for hydroxylation is 1. The Hall–Kier alpha value is -5.93. The van der Waals surface area contributed by atoms with Crippen LogP contribution in [0.5, 0.6) is 11.5 Å². The Morgan fingerprint density at radius 1 is 0.840 bits per heavy atom. The second-order valence-electron chi connectivity index (χ2n) is 12.1. The van der Waals surface area contributed by atoms with Crippen LogP contribution in [0.15, 0.2) is 130 Å². The summed E-state index contributed by atoms with van der Waals surface area (Å²) in [5, 5.41) is 3.00. The van der Waals surface area contributed by atoms with Crippen molar-refractivity contribution in [1.29, 1.82) is 0 Å². The number of nitrogens with zero attached hydrogens (tertiary/aromatic N) is 3. The summed E-state index contributed by atoms with van der Waals surface area (Å²) in [5.74, 6) is 0.737. The lowest BCUT2D eigenvalue weighted by atomic mass is 9.94. The molecule has 0 radical (unpaired) electrons. The Morgan fingerprint density at radius 2 is 1.52 bits per heavy atom. The molecular formula is C41H36N4O4S. The standard InChI is InChI=1S/C41H36N4O4S/c1-25-22-30(27(3)44(25)32-18-16-29(17-19-32)28-12-8-6-9-13-28)23-36-40(47)45-38(34-21-20-33(48-4)24-35(34)49-5)37(26(2)42-41(45)50-36)39(46)43-31-14-10-7-11-15-31/h6-24,38H,1-5H3,(H,43,46)/b36-23-/t38-/m1/s1. The van der Waals surface area contributed by atoms with Gasteiger partial charge in [-0.15, -0.1) is 0 Å². The second-order valence-corrected chi connectivity index (χ2v) is 13.1. The topological polar surface area (TPSA) is 86.9 Å². The number of benzene rings is 4. The van der Waals surface area contributed by atoms with Crippen LogP contribution in [0.25, 0.3) is 22.9 Å². The summed E-state index contributed by atoms with van der Waals surface area (Å²) < 4.78 is 15.6. The van der Waals surface area contributed by atoms with Crippen molar-refractivity contribution >= 4 is 29.0 Å². The quantitative estimate of drug-likeness (QED) is 0.188. The molecule has 0 aliphatic carbocycles. The third-order valence-electron chi connectivity index (χ3n) is 9.02. The van der Waals surface area contributed by atoms with E-state index in [0.29, 0.717) is 43.4 Å². The molecule has 50 heavy (non-hydrogen) atoms. The van der Waals surface area contributed by atoms with Crippen LogP contribution in [0.1, 0.15) is 35.5 Å². The van der Waals surface area contributed by atoms with Gasteiger partial charge in [0.2, 0.25) is 0 Å². The smallest absolute Gasteiger partial charge is 0.271 e. The first kappa shape index (κ1) is 32.6. The molecule has 3 heterocycles. The molecule has 0 unspecified atom stereocenters. The third kappa shape index (κ3) is 5.97. The molecule has 250 valence electrons. The van der Waals surface area contributed by atoms with Gasteiger partial charge in [0.25, 0.3) is 11.5 Å². The van der Waals surface area contributed by atoms with Crippen LogP contribution < -0.4 is 29.7 Å². The summed E-state index contributed by atoms with van der Waals surface area (Å²) in [7, 11) is 3.14. The molecule has 0 saturated heterocycles. The maximum Gasteiger partial charge on any atom is 0.271 e. The van der Waals surface area contributed by atoms with Crippen molar-refractivity contribution < 1.29 is 14.3 Å². The zero-order chi connectivity index (χ0) is 34.9. The van der Waals surface area contributed by atoms with Crippen LogP contribution in [0.3, 0.4) is 0 Å². The molecule has 0 bridgehead atoms. The number of methoxy groups -OCH3 is 2. The van der Waals surface area contributed by atoms with Crippen LogP contribution in [-0.2, 0) is 4.79 Å². The van der Waals surface area contributed by atoms with Crippen LogP contribution in [0.2, 0.25) is 0 Å². The monoisotopic (exact) mass is 680 g/mol. The van der Waals surface area contributed by atoms with E-state index in [1.165, 1.54) is 11.3 Å². The number of carbonyl (C=O) groups is 1. The molecule has 1 aliphatic rings. The molecule has 1 amide bonds. The molecule has 1 aliphatic heterocycles. The van der Waals surface area contributed by atoms with Gasteiger partial charge in [-0.05, 0) is 86.0 Å². The molecule has 1 N–H and O–H groups in total. The number of carbonyl (C=O) groups excluding carboxylic acids is 1. The number of anilines is 1. The predicted molar refractivity (Wildman–Crippen MR) is 199 cm³/mol. The number of para-hydroxylation sites is 1. The average molecular weight is 681 g/mol. The molecule has 9 heteroatoms. The zero-order valence-electron chi connectivity index (χ0n) is 28.4. The van der Waals surface area contributed by atoms with E-state index in [0.717, 1.165) is 33.8 Å². The molecular weight excluding hydrogens is 645 g/mol. The van der Waals surface area contributed by atoms with Gasteiger partial charge >= 0.3 is 0 Å². The summed E-state index contributed by atoms with van der Waals surface area (Å²) in [4.78, 5) is 33.8. The van der Waals surface area contributed by atoms with Gasteiger partial charge in [-0.25, -0.2) is 4.99 Å². The van der Waals surface area contributed by atoms with Crippen molar-refractivity contribution in [2.45, 2.75) is 26.8 Å². The van der Waals surface area contributed by atoms with Crippen LogP contribution in [0, 0.1) is 13.8 Å². The van der Waals surface area contributed by atoms with Gasteiger partial charge in [-0.2, -0.15) is 0 Å². The molecule has 0 saturated carbocycles. The van der Waals surface area contributed by atoms with E-state index >= 15 is 0 Å². The van der Waals surface area contributed by atoms with Crippen molar-refractivity contribution in [3.05, 3.63) is 163 Å². The van der Waals surface area contributed by atoms with Crippen LogP contribution >= 0.6 is 11.3 Å². The first-order valence-electron chi connectivity index (χ1n) is 16.2. The predicted octanol–water partition coefficient (Wildman–Crippen LogP) is 6.97. The minimum absolute atomic E-state index is 0.244. The Morgan fingerprint density at radius 3 is 2.20 bits per heavy atom. The zero-order valence-corrected chi connectivity index (χ0v) is 29.2.